The Kier molecular flexibility index (Phi) is 6.01. The molecule has 0 bridgehead atoms. The van der Waals surface area contributed by atoms with Crippen LogP contribution in [0.3, 0.4) is 0 Å². The van der Waals surface area contributed by atoms with E-state index in [4.69, 9.17) is 4.74 Å². The number of anilines is 2. The van der Waals surface area contributed by atoms with Gasteiger partial charge in [0.15, 0.2) is 0 Å². The molecule has 2 heterocycles. The van der Waals surface area contributed by atoms with Gasteiger partial charge in [-0.1, -0.05) is 18.2 Å². The molecule has 2 N–H and O–H groups in total. The lowest BCUT2D eigenvalue weighted by Gasteiger charge is -2.28. The highest BCUT2D eigenvalue weighted by molar-refractivity contribution is 5.95. The van der Waals surface area contributed by atoms with Gasteiger partial charge in [0, 0.05) is 37.8 Å². The Morgan fingerprint density at radius 2 is 1.92 bits per heavy atom. The zero-order chi connectivity index (χ0) is 18.4. The van der Waals surface area contributed by atoms with Crippen molar-refractivity contribution in [2.45, 2.75) is 13.8 Å². The van der Waals surface area contributed by atoms with Crippen LogP contribution in [-0.2, 0) is 4.74 Å². The van der Waals surface area contributed by atoms with E-state index < -0.39 is 0 Å². The van der Waals surface area contributed by atoms with Gasteiger partial charge in [0.1, 0.15) is 17.5 Å². The van der Waals surface area contributed by atoms with Crippen molar-refractivity contribution in [3.63, 3.8) is 0 Å². The van der Waals surface area contributed by atoms with Gasteiger partial charge in [0.2, 0.25) is 0 Å². The number of morpholine rings is 1. The van der Waals surface area contributed by atoms with Crippen molar-refractivity contribution in [1.82, 2.24) is 15.3 Å². The van der Waals surface area contributed by atoms with Crippen LogP contribution in [0.5, 0.6) is 0 Å². The van der Waals surface area contributed by atoms with Gasteiger partial charge in [0.05, 0.1) is 13.2 Å². The molecule has 1 aromatic carbocycles. The minimum Gasteiger partial charge on any atom is -0.378 e. The number of hydrogen-bond acceptors (Lipinski definition) is 6. The maximum absolute atomic E-state index is 12.2. The lowest BCUT2D eigenvalue weighted by Crippen LogP contribution is -2.37. The molecule has 0 aliphatic carbocycles. The van der Waals surface area contributed by atoms with Crippen LogP contribution in [0, 0.1) is 13.8 Å². The van der Waals surface area contributed by atoms with Crippen molar-refractivity contribution < 1.29 is 9.53 Å². The van der Waals surface area contributed by atoms with Crippen LogP contribution >= 0.6 is 0 Å². The molecule has 7 nitrogen and oxygen atoms in total. The summed E-state index contributed by atoms with van der Waals surface area (Å²) in [5, 5.41) is 6.19. The summed E-state index contributed by atoms with van der Waals surface area (Å²) in [6.07, 6.45) is 0. The molecule has 0 atom stereocenters. The second-order valence-corrected chi connectivity index (χ2v) is 6.26. The van der Waals surface area contributed by atoms with E-state index in [1.54, 1.807) is 0 Å². The predicted octanol–water partition coefficient (Wildman–Crippen LogP) is 1.77. The normalized spacial score (nSPS) is 14.2. The third-order valence-corrected chi connectivity index (χ3v) is 4.27. The molecule has 1 aromatic heterocycles. The van der Waals surface area contributed by atoms with Gasteiger partial charge < -0.3 is 20.3 Å². The summed E-state index contributed by atoms with van der Waals surface area (Å²) in [7, 11) is 0. The van der Waals surface area contributed by atoms with Crippen molar-refractivity contribution in [2.75, 3.05) is 49.6 Å². The molecule has 26 heavy (non-hydrogen) atoms. The van der Waals surface area contributed by atoms with E-state index in [1.165, 1.54) is 0 Å². The molecule has 1 saturated heterocycles. The van der Waals surface area contributed by atoms with Gasteiger partial charge in [-0.25, -0.2) is 9.97 Å². The number of carbonyl (C=O) groups excluding carboxylic acids is 1. The molecular weight excluding hydrogens is 330 g/mol. The molecule has 3 rings (SSSR count). The summed E-state index contributed by atoms with van der Waals surface area (Å²) in [4.78, 5) is 23.3. The number of nitrogens with zero attached hydrogens (tertiary/aromatic N) is 3. The van der Waals surface area contributed by atoms with Crippen molar-refractivity contribution in [3.8, 4) is 0 Å². The van der Waals surface area contributed by atoms with Gasteiger partial charge in [-0.3, -0.25) is 4.79 Å². The lowest BCUT2D eigenvalue weighted by molar-refractivity contribution is 0.0954. The molecule has 2 aromatic rings. The first-order chi connectivity index (χ1) is 12.6. The second-order valence-electron chi connectivity index (χ2n) is 6.26. The summed E-state index contributed by atoms with van der Waals surface area (Å²) < 4.78 is 5.39. The van der Waals surface area contributed by atoms with Crippen LogP contribution in [0.15, 0.2) is 30.3 Å². The van der Waals surface area contributed by atoms with Crippen LogP contribution < -0.4 is 15.5 Å². The fraction of sp³-hybridized carbons (Fsp3) is 0.421. The molecule has 1 aliphatic heterocycles. The van der Waals surface area contributed by atoms with E-state index in [-0.39, 0.29) is 5.91 Å². The molecule has 0 radical (unpaired) electrons. The van der Waals surface area contributed by atoms with Gasteiger partial charge in [0.25, 0.3) is 5.91 Å². The molecule has 7 heteroatoms. The Labute approximate surface area is 153 Å². The number of amides is 1. The largest absolute Gasteiger partial charge is 0.378 e. The minimum absolute atomic E-state index is 0.0576. The molecule has 1 aliphatic rings. The van der Waals surface area contributed by atoms with E-state index in [0.717, 1.165) is 49.3 Å². The number of hydrogen-bond donors (Lipinski definition) is 2. The van der Waals surface area contributed by atoms with Crippen molar-refractivity contribution in [3.05, 3.63) is 47.3 Å². The number of rotatable bonds is 6. The number of nitrogens with one attached hydrogen (secondary N) is 2. The van der Waals surface area contributed by atoms with Gasteiger partial charge in [-0.05, 0) is 25.5 Å². The van der Waals surface area contributed by atoms with E-state index in [1.807, 2.05) is 44.2 Å². The average Bonchev–Trinajstić information content (AvgIpc) is 2.66. The third-order valence-electron chi connectivity index (χ3n) is 4.27. The smallest absolute Gasteiger partial charge is 0.251 e. The Balaban J connectivity index is 1.52. The highest BCUT2D eigenvalue weighted by Gasteiger charge is 2.14. The number of aromatic nitrogens is 2. The summed E-state index contributed by atoms with van der Waals surface area (Å²) in [6.45, 7) is 8.04. The quantitative estimate of drug-likeness (QED) is 0.769. The predicted molar refractivity (Wildman–Crippen MR) is 102 cm³/mol. The number of ether oxygens (including phenoxy) is 1. The zero-order valence-electron chi connectivity index (χ0n) is 15.3. The highest BCUT2D eigenvalue weighted by atomic mass is 16.5. The van der Waals surface area contributed by atoms with Gasteiger partial charge >= 0.3 is 0 Å². The van der Waals surface area contributed by atoms with Crippen LogP contribution in [0.1, 0.15) is 21.7 Å². The molecule has 1 amide bonds. The number of aryl methyl sites for hydroxylation is 2. The summed E-state index contributed by atoms with van der Waals surface area (Å²) in [5.41, 5.74) is 1.68. The van der Waals surface area contributed by atoms with Crippen molar-refractivity contribution in [1.29, 1.82) is 0 Å². The number of carbonyl (C=O) groups is 1. The van der Waals surface area contributed by atoms with E-state index in [0.29, 0.717) is 18.7 Å². The van der Waals surface area contributed by atoms with E-state index in [2.05, 4.69) is 25.5 Å². The number of benzene rings is 1. The molecule has 0 spiro atoms. The maximum Gasteiger partial charge on any atom is 0.251 e. The molecule has 138 valence electrons. The monoisotopic (exact) mass is 355 g/mol. The minimum atomic E-state index is -0.0576. The summed E-state index contributed by atoms with van der Waals surface area (Å²) in [5.74, 6) is 2.34. The van der Waals surface area contributed by atoms with Gasteiger partial charge in [-0.2, -0.15) is 0 Å². The van der Waals surface area contributed by atoms with Crippen molar-refractivity contribution in [2.24, 2.45) is 0 Å². The average molecular weight is 355 g/mol. The molecule has 0 unspecified atom stereocenters. The maximum atomic E-state index is 12.2. The second kappa shape index (κ2) is 8.62. The zero-order valence-corrected chi connectivity index (χ0v) is 15.3. The third kappa shape index (κ3) is 4.70. The van der Waals surface area contributed by atoms with Crippen LogP contribution in [0.2, 0.25) is 0 Å². The van der Waals surface area contributed by atoms with E-state index >= 15 is 0 Å². The molecule has 1 fully saturated rings. The fourth-order valence-corrected chi connectivity index (χ4v) is 2.89. The topological polar surface area (TPSA) is 79.4 Å². The van der Waals surface area contributed by atoms with E-state index in [9.17, 15) is 4.79 Å². The first-order valence-electron chi connectivity index (χ1n) is 8.89. The van der Waals surface area contributed by atoms with Crippen LogP contribution in [-0.4, -0.2) is 55.3 Å². The first-order valence-corrected chi connectivity index (χ1v) is 8.89. The lowest BCUT2D eigenvalue weighted by atomic mass is 10.1. The molecule has 0 saturated carbocycles. The Morgan fingerprint density at radius 3 is 2.69 bits per heavy atom. The van der Waals surface area contributed by atoms with Crippen molar-refractivity contribution >= 4 is 17.5 Å². The Morgan fingerprint density at radius 1 is 1.15 bits per heavy atom. The standard InChI is InChI=1S/C19H25N5O2/c1-14-5-3-4-6-16(14)19(25)21-8-7-20-17-13-18(23-15(2)22-17)24-9-11-26-12-10-24/h3-6,13H,7-12H2,1-2H3,(H,21,25)(H,20,22,23). The highest BCUT2D eigenvalue weighted by Crippen LogP contribution is 2.17. The fourth-order valence-electron chi connectivity index (χ4n) is 2.89. The molecular formula is C19H25N5O2. The Bertz CT molecular complexity index is 759. The van der Waals surface area contributed by atoms with Crippen LogP contribution in [0.4, 0.5) is 11.6 Å². The van der Waals surface area contributed by atoms with Crippen LogP contribution in [0.25, 0.3) is 0 Å². The summed E-state index contributed by atoms with van der Waals surface area (Å²) in [6, 6.07) is 9.51. The summed E-state index contributed by atoms with van der Waals surface area (Å²) >= 11 is 0. The Hall–Kier alpha value is -2.67. The first kappa shape index (κ1) is 18.1. The van der Waals surface area contributed by atoms with Gasteiger partial charge in [-0.15, -0.1) is 0 Å². The SMILES string of the molecule is Cc1nc(NCCNC(=O)c2ccccc2C)cc(N2CCOCC2)n1.